The molecule has 1 heterocycles. The molecule has 0 saturated heterocycles. The summed E-state index contributed by atoms with van der Waals surface area (Å²) in [5.41, 5.74) is 4.99. The third kappa shape index (κ3) is 5.73. The second-order valence-electron chi connectivity index (χ2n) is 9.87. The van der Waals surface area contributed by atoms with Crippen molar-refractivity contribution in [3.8, 4) is 6.07 Å². The molecule has 6 heteroatoms. The van der Waals surface area contributed by atoms with E-state index in [4.69, 9.17) is 10.00 Å². The summed E-state index contributed by atoms with van der Waals surface area (Å²) in [7, 11) is 1.70. The number of hydrogen-bond donors (Lipinski definition) is 2. The summed E-state index contributed by atoms with van der Waals surface area (Å²) in [6.45, 7) is 10.3. The number of hydrogen-bond acceptors (Lipinski definition) is 5. The van der Waals surface area contributed by atoms with E-state index in [0.29, 0.717) is 17.7 Å². The van der Waals surface area contributed by atoms with E-state index >= 15 is 0 Å². The number of rotatable bonds is 9. The molecule has 32 heavy (non-hydrogen) atoms. The quantitative estimate of drug-likeness (QED) is 0.438. The largest absolute Gasteiger partial charge is 0.383 e. The number of nitrogens with zero attached hydrogens (tertiary/aromatic N) is 2. The predicted octanol–water partition coefficient (Wildman–Crippen LogP) is 4.77. The number of carbonyl (C=O) groups excluding carboxylic acids is 1. The third-order valence-corrected chi connectivity index (χ3v) is 6.33. The lowest BCUT2D eigenvalue weighted by molar-refractivity contribution is 0.0984. The first-order valence-electron chi connectivity index (χ1n) is 11.2. The Morgan fingerprint density at radius 1 is 1.38 bits per heavy atom. The molecule has 0 radical (unpaired) electrons. The summed E-state index contributed by atoms with van der Waals surface area (Å²) in [5.74, 6) is 0.117. The lowest BCUT2D eigenvalue weighted by atomic mass is 9.75. The van der Waals surface area contributed by atoms with Crippen molar-refractivity contribution in [1.29, 1.82) is 5.26 Å². The molecule has 0 bridgehead atoms. The maximum absolute atomic E-state index is 12.9. The van der Waals surface area contributed by atoms with Crippen LogP contribution in [0.3, 0.4) is 0 Å². The van der Waals surface area contributed by atoms with Gasteiger partial charge in [-0.3, -0.25) is 4.79 Å². The highest BCUT2D eigenvalue weighted by molar-refractivity contribution is 5.95. The van der Waals surface area contributed by atoms with Crippen LogP contribution < -0.4 is 5.32 Å². The maximum Gasteiger partial charge on any atom is 0.202 e. The van der Waals surface area contributed by atoms with E-state index in [1.165, 1.54) is 17.3 Å². The number of ketones is 1. The van der Waals surface area contributed by atoms with Gasteiger partial charge in [0.25, 0.3) is 0 Å². The van der Waals surface area contributed by atoms with Crippen molar-refractivity contribution in [3.05, 3.63) is 58.7 Å². The molecular formula is C26H34N4O2. The normalized spacial score (nSPS) is 15.8. The number of aromatic nitrogens is 2. The molecule has 0 spiro atoms. The van der Waals surface area contributed by atoms with Gasteiger partial charge in [0.1, 0.15) is 11.8 Å². The van der Waals surface area contributed by atoms with Gasteiger partial charge in [0.15, 0.2) is 5.82 Å². The van der Waals surface area contributed by atoms with Crippen LogP contribution in [0.15, 0.2) is 30.5 Å². The van der Waals surface area contributed by atoms with Gasteiger partial charge < -0.3 is 15.0 Å². The summed E-state index contributed by atoms with van der Waals surface area (Å²) >= 11 is 0. The molecule has 1 aromatic carbocycles. The summed E-state index contributed by atoms with van der Waals surface area (Å²) in [6, 6.07) is 8.38. The summed E-state index contributed by atoms with van der Waals surface area (Å²) in [5, 5.41) is 12.6. The topological polar surface area (TPSA) is 90.8 Å². The molecule has 0 fully saturated rings. The molecule has 0 amide bonds. The number of ether oxygens (including phenoxy) is 1. The third-order valence-electron chi connectivity index (χ3n) is 6.33. The Balaban J connectivity index is 1.94. The number of nitriles is 1. The zero-order valence-corrected chi connectivity index (χ0v) is 19.8. The Kier molecular flexibility index (Phi) is 7.33. The average Bonchev–Trinajstić information content (AvgIpc) is 3.24. The van der Waals surface area contributed by atoms with Crippen LogP contribution >= 0.6 is 0 Å². The Morgan fingerprint density at radius 3 is 2.78 bits per heavy atom. The van der Waals surface area contributed by atoms with Crippen LogP contribution in [0.5, 0.6) is 0 Å². The summed E-state index contributed by atoms with van der Waals surface area (Å²) in [4.78, 5) is 19.8. The molecule has 0 aliphatic heterocycles. The van der Waals surface area contributed by atoms with E-state index in [2.05, 4.69) is 67.3 Å². The van der Waals surface area contributed by atoms with Gasteiger partial charge in [0.05, 0.1) is 12.8 Å². The van der Waals surface area contributed by atoms with Crippen molar-refractivity contribution in [2.45, 2.75) is 58.9 Å². The Morgan fingerprint density at radius 2 is 2.16 bits per heavy atom. The van der Waals surface area contributed by atoms with Crippen LogP contribution in [0.25, 0.3) is 5.57 Å². The molecule has 0 unspecified atom stereocenters. The number of Topliss-reactive ketones (excluding diaryl/α,β-unsaturated/α-hetero) is 1. The zero-order chi connectivity index (χ0) is 23.4. The fourth-order valence-electron chi connectivity index (χ4n) is 4.08. The fraction of sp³-hybridized carbons (Fsp3) is 0.500. The number of benzene rings is 1. The van der Waals surface area contributed by atoms with Crippen LogP contribution in [0.2, 0.25) is 0 Å². The van der Waals surface area contributed by atoms with E-state index in [1.807, 2.05) is 6.07 Å². The van der Waals surface area contributed by atoms with E-state index in [0.717, 1.165) is 36.9 Å². The average molecular weight is 435 g/mol. The van der Waals surface area contributed by atoms with Crippen molar-refractivity contribution in [2.24, 2.45) is 5.41 Å². The molecule has 1 aromatic heterocycles. The van der Waals surface area contributed by atoms with E-state index in [-0.39, 0.29) is 23.6 Å². The van der Waals surface area contributed by atoms with Gasteiger partial charge in [0.2, 0.25) is 5.78 Å². The van der Waals surface area contributed by atoms with Gasteiger partial charge in [-0.15, -0.1) is 0 Å². The minimum atomic E-state index is -0.229. The number of allylic oxidation sites excluding steroid dienone is 2. The summed E-state index contributed by atoms with van der Waals surface area (Å²) in [6.07, 6.45) is 7.12. The van der Waals surface area contributed by atoms with Crippen molar-refractivity contribution in [1.82, 2.24) is 15.3 Å². The molecule has 2 aromatic rings. The fourth-order valence-corrected chi connectivity index (χ4v) is 4.08. The molecule has 6 nitrogen and oxygen atoms in total. The van der Waals surface area contributed by atoms with Gasteiger partial charge in [-0.1, -0.05) is 32.1 Å². The first-order valence-corrected chi connectivity index (χ1v) is 11.2. The minimum Gasteiger partial charge on any atom is -0.383 e. The second kappa shape index (κ2) is 9.81. The Hall–Kier alpha value is -2.75. The molecule has 2 N–H and O–H groups in total. The highest BCUT2D eigenvalue weighted by Gasteiger charge is 2.26. The molecule has 1 aliphatic carbocycles. The molecule has 1 aliphatic rings. The zero-order valence-electron chi connectivity index (χ0n) is 19.8. The molecule has 3 rings (SSSR count). The molecule has 0 atom stereocenters. The maximum atomic E-state index is 12.9. The van der Waals surface area contributed by atoms with Crippen LogP contribution in [0.1, 0.15) is 80.0 Å². The predicted molar refractivity (Wildman–Crippen MR) is 126 cm³/mol. The molecule has 0 saturated carbocycles. The van der Waals surface area contributed by atoms with Gasteiger partial charge in [-0.2, -0.15) is 5.26 Å². The Bertz CT molecular complexity index is 1040. The first kappa shape index (κ1) is 23.9. The minimum absolute atomic E-state index is 0.116. The van der Waals surface area contributed by atoms with Gasteiger partial charge >= 0.3 is 0 Å². The first-order chi connectivity index (χ1) is 15.1. The standard InChI is InChI=1S/C26H34N4O2/c1-25(2)10-8-18(9-11-25)22-15-20(26(3,4)29-12-13-32-5)7-6-19(22)14-23(31)24-28-17-21(16-27)30-24/h6-8,15,17,29H,9-14H2,1-5H3,(H,28,30). The summed E-state index contributed by atoms with van der Waals surface area (Å²) < 4.78 is 5.19. The van der Waals surface area contributed by atoms with Crippen molar-refractivity contribution < 1.29 is 9.53 Å². The van der Waals surface area contributed by atoms with Crippen molar-refractivity contribution in [3.63, 3.8) is 0 Å². The monoisotopic (exact) mass is 434 g/mol. The number of H-pyrrole nitrogens is 1. The van der Waals surface area contributed by atoms with E-state index in [1.54, 1.807) is 7.11 Å². The van der Waals surface area contributed by atoms with Crippen LogP contribution in [0.4, 0.5) is 0 Å². The van der Waals surface area contributed by atoms with Crippen molar-refractivity contribution in [2.75, 3.05) is 20.3 Å². The Labute approximate surface area is 191 Å². The second-order valence-corrected chi connectivity index (χ2v) is 9.87. The van der Waals surface area contributed by atoms with Crippen molar-refractivity contribution >= 4 is 11.4 Å². The van der Waals surface area contributed by atoms with Gasteiger partial charge in [-0.05, 0) is 66.9 Å². The number of aromatic amines is 1. The highest BCUT2D eigenvalue weighted by Crippen LogP contribution is 2.39. The lowest BCUT2D eigenvalue weighted by Crippen LogP contribution is -2.38. The van der Waals surface area contributed by atoms with Crippen LogP contribution in [0, 0.1) is 16.7 Å². The number of imidazole rings is 1. The number of carbonyl (C=O) groups is 1. The highest BCUT2D eigenvalue weighted by atomic mass is 16.5. The lowest BCUT2D eigenvalue weighted by Gasteiger charge is -2.31. The smallest absolute Gasteiger partial charge is 0.202 e. The van der Waals surface area contributed by atoms with Gasteiger partial charge in [0, 0.05) is 25.6 Å². The van der Waals surface area contributed by atoms with Crippen LogP contribution in [-0.2, 0) is 16.7 Å². The van der Waals surface area contributed by atoms with Crippen LogP contribution in [-0.4, -0.2) is 36.0 Å². The SMILES string of the molecule is COCCNC(C)(C)c1ccc(CC(=O)c2ncc(C#N)[nH]2)c(C2=CCC(C)(C)CC2)c1. The number of methoxy groups -OCH3 is 1. The van der Waals surface area contributed by atoms with Gasteiger partial charge in [-0.25, -0.2) is 4.98 Å². The molecular weight excluding hydrogens is 400 g/mol. The van der Waals surface area contributed by atoms with E-state index < -0.39 is 0 Å². The van der Waals surface area contributed by atoms with E-state index in [9.17, 15) is 4.79 Å². The molecule has 170 valence electrons. The number of nitrogens with one attached hydrogen (secondary N) is 2.